The minimum Gasteiger partial charge on any atom is -0.309 e. The Hall–Kier alpha value is -9.84. The Labute approximate surface area is 420 Å². The van der Waals surface area contributed by atoms with Crippen LogP contribution in [0.5, 0.6) is 0 Å². The summed E-state index contributed by atoms with van der Waals surface area (Å²) in [7, 11) is 0. The fraction of sp³-hybridized carbons (Fsp3) is 0. The monoisotopic (exact) mass is 929 g/mol. The van der Waals surface area contributed by atoms with Gasteiger partial charge in [0.1, 0.15) is 0 Å². The zero-order valence-electron chi connectivity index (χ0n) is 39.6. The molecule has 0 unspecified atom stereocenters. The van der Waals surface area contributed by atoms with Crippen LogP contribution in [0.15, 0.2) is 261 Å². The maximum atomic E-state index is 5.47. The highest BCUT2D eigenvalue weighted by atomic mass is 15.0. The second kappa shape index (κ2) is 16.4. The highest BCUT2D eigenvalue weighted by Gasteiger charge is 2.21. The molecule has 0 saturated heterocycles. The van der Waals surface area contributed by atoms with E-state index >= 15 is 0 Å². The first-order valence-corrected chi connectivity index (χ1v) is 24.9. The molecule has 5 nitrogen and oxygen atoms in total. The Bertz CT molecular complexity index is 4380. The number of benzene rings is 11. The van der Waals surface area contributed by atoms with Gasteiger partial charge in [-0.1, -0.05) is 188 Å². The van der Waals surface area contributed by atoms with Crippen molar-refractivity contribution >= 4 is 76.2 Å². The number of nitrogens with zero attached hydrogens (tertiary/aromatic N) is 5. The molecule has 0 bridgehead atoms. The van der Waals surface area contributed by atoms with Crippen molar-refractivity contribution in [2.75, 3.05) is 0 Å². The van der Waals surface area contributed by atoms with Gasteiger partial charge in [0.05, 0.1) is 44.5 Å². The van der Waals surface area contributed by atoms with Gasteiger partial charge in [0, 0.05) is 66.1 Å². The third kappa shape index (κ3) is 6.49. The minimum atomic E-state index is 0.669. The fourth-order valence-corrected chi connectivity index (χ4v) is 11.6. The molecule has 0 saturated carbocycles. The summed E-state index contributed by atoms with van der Waals surface area (Å²) in [6.45, 7) is 0. The number of para-hydroxylation sites is 6. The van der Waals surface area contributed by atoms with Crippen molar-refractivity contribution in [1.82, 2.24) is 23.7 Å². The average molecular weight is 930 g/mol. The van der Waals surface area contributed by atoms with E-state index in [4.69, 9.17) is 9.97 Å². The first kappa shape index (κ1) is 41.0. The predicted octanol–water partition coefficient (Wildman–Crippen LogP) is 17.6. The Kier molecular flexibility index (Phi) is 9.19. The predicted molar refractivity (Wildman–Crippen MR) is 304 cm³/mol. The summed E-state index contributed by atoms with van der Waals surface area (Å²) >= 11 is 0. The Morgan fingerprint density at radius 2 is 0.575 bits per heavy atom. The number of aromatic nitrogens is 5. The van der Waals surface area contributed by atoms with E-state index in [0.29, 0.717) is 5.82 Å². The summed E-state index contributed by atoms with van der Waals surface area (Å²) in [5.74, 6) is 0.669. The van der Waals surface area contributed by atoms with Crippen LogP contribution in [0.3, 0.4) is 0 Å². The summed E-state index contributed by atoms with van der Waals surface area (Å²) in [6, 6.07) is 94.0. The maximum Gasteiger partial charge on any atom is 0.160 e. The van der Waals surface area contributed by atoms with Crippen LogP contribution >= 0.6 is 0 Å². The zero-order valence-corrected chi connectivity index (χ0v) is 39.6. The third-order valence-corrected chi connectivity index (χ3v) is 14.8. The average Bonchev–Trinajstić information content (AvgIpc) is 4.11. The lowest BCUT2D eigenvalue weighted by Gasteiger charge is -2.17. The molecule has 0 spiro atoms. The number of hydrogen-bond acceptors (Lipinski definition) is 2. The molecule has 0 aliphatic heterocycles. The quantitative estimate of drug-likeness (QED) is 0.160. The molecular formula is C68H43N5. The molecule has 73 heavy (non-hydrogen) atoms. The van der Waals surface area contributed by atoms with Crippen LogP contribution in [0.25, 0.3) is 138 Å². The van der Waals surface area contributed by atoms with Crippen molar-refractivity contribution in [1.29, 1.82) is 0 Å². The molecule has 4 aromatic heterocycles. The van der Waals surface area contributed by atoms with E-state index < -0.39 is 0 Å². The lowest BCUT2D eigenvalue weighted by molar-refractivity contribution is 1.13. The van der Waals surface area contributed by atoms with Crippen LogP contribution in [0.1, 0.15) is 0 Å². The van der Waals surface area contributed by atoms with Crippen molar-refractivity contribution in [2.45, 2.75) is 0 Å². The standard InChI is InChI=1S/C68H43N5/c1-2-18-45(19-3-1)68-69-60(43-61(70-68)53-39-38-50(51-20-4-5-21-52(51)53)44-34-36-47(37-35-44)71-62-28-12-6-22-54(62)55-23-7-13-29-63(55)71)46-40-48(72-64-30-14-8-24-56(64)57-25-9-15-31-65(57)72)42-49(41-46)73-66-32-16-10-26-58(66)59-27-11-17-33-67(59)73/h1-43H. The maximum absolute atomic E-state index is 5.47. The van der Waals surface area contributed by atoms with Gasteiger partial charge in [-0.3, -0.25) is 0 Å². The normalized spacial score (nSPS) is 11.8. The van der Waals surface area contributed by atoms with E-state index in [2.05, 4.69) is 268 Å². The summed E-state index contributed by atoms with van der Waals surface area (Å²) in [6.07, 6.45) is 0. The van der Waals surface area contributed by atoms with Gasteiger partial charge in [0.2, 0.25) is 0 Å². The van der Waals surface area contributed by atoms with Crippen LogP contribution < -0.4 is 0 Å². The van der Waals surface area contributed by atoms with Crippen LogP contribution in [0.2, 0.25) is 0 Å². The van der Waals surface area contributed by atoms with Gasteiger partial charge in [-0.2, -0.15) is 0 Å². The topological polar surface area (TPSA) is 40.6 Å². The molecule has 15 aromatic rings. The van der Waals surface area contributed by atoms with Crippen LogP contribution in [0, 0.1) is 0 Å². The van der Waals surface area contributed by atoms with E-state index in [0.717, 1.165) is 83.5 Å². The molecular weight excluding hydrogens is 887 g/mol. The lowest BCUT2D eigenvalue weighted by atomic mass is 9.93. The molecule has 11 aromatic carbocycles. The van der Waals surface area contributed by atoms with Crippen molar-refractivity contribution in [3.8, 4) is 62.1 Å². The smallest absolute Gasteiger partial charge is 0.160 e. The van der Waals surface area contributed by atoms with Gasteiger partial charge in [-0.05, 0) is 94.7 Å². The summed E-state index contributed by atoms with van der Waals surface area (Å²) in [4.78, 5) is 10.9. The van der Waals surface area contributed by atoms with Crippen LogP contribution in [-0.4, -0.2) is 23.7 Å². The summed E-state index contributed by atoms with van der Waals surface area (Å²) in [5.41, 5.74) is 17.2. The van der Waals surface area contributed by atoms with E-state index in [-0.39, 0.29) is 0 Å². The largest absolute Gasteiger partial charge is 0.309 e. The molecule has 0 aliphatic rings. The zero-order chi connectivity index (χ0) is 48.0. The van der Waals surface area contributed by atoms with E-state index in [1.807, 2.05) is 6.07 Å². The van der Waals surface area contributed by atoms with Crippen molar-refractivity contribution < 1.29 is 0 Å². The summed E-state index contributed by atoms with van der Waals surface area (Å²) in [5, 5.41) is 9.66. The van der Waals surface area contributed by atoms with Crippen LogP contribution in [-0.2, 0) is 0 Å². The summed E-state index contributed by atoms with van der Waals surface area (Å²) < 4.78 is 7.19. The van der Waals surface area contributed by atoms with Gasteiger partial charge in [0.25, 0.3) is 0 Å². The van der Waals surface area contributed by atoms with Gasteiger partial charge in [0.15, 0.2) is 5.82 Å². The second-order valence-corrected chi connectivity index (χ2v) is 18.9. The molecule has 0 radical (unpaired) electrons. The minimum absolute atomic E-state index is 0.669. The molecule has 5 heteroatoms. The Morgan fingerprint density at radius 3 is 1.03 bits per heavy atom. The van der Waals surface area contributed by atoms with Crippen molar-refractivity contribution in [2.24, 2.45) is 0 Å². The third-order valence-electron chi connectivity index (χ3n) is 14.8. The number of rotatable bonds is 7. The SMILES string of the molecule is c1ccc(-c2nc(-c3cc(-n4c5ccccc5c5ccccc54)cc(-n4c5ccccc5c5ccccc54)c3)cc(-c3ccc(-c4ccc(-n5c6ccccc6c6ccccc65)cc4)c4ccccc34)n2)cc1. The number of hydrogen-bond donors (Lipinski definition) is 0. The van der Waals surface area contributed by atoms with E-state index in [1.165, 1.54) is 48.9 Å². The van der Waals surface area contributed by atoms with E-state index in [1.54, 1.807) is 0 Å². The molecule has 0 N–H and O–H groups in total. The molecule has 4 heterocycles. The molecule has 0 aliphatic carbocycles. The Balaban J connectivity index is 0.932. The van der Waals surface area contributed by atoms with Crippen molar-refractivity contribution in [3.05, 3.63) is 261 Å². The molecule has 340 valence electrons. The van der Waals surface area contributed by atoms with Crippen LogP contribution in [0.4, 0.5) is 0 Å². The molecule has 15 rings (SSSR count). The molecule has 0 amide bonds. The number of fused-ring (bicyclic) bond motifs is 10. The lowest BCUT2D eigenvalue weighted by Crippen LogP contribution is -2.02. The highest BCUT2D eigenvalue weighted by molar-refractivity contribution is 6.12. The second-order valence-electron chi connectivity index (χ2n) is 18.9. The fourth-order valence-electron chi connectivity index (χ4n) is 11.6. The van der Waals surface area contributed by atoms with Gasteiger partial charge < -0.3 is 13.7 Å². The Morgan fingerprint density at radius 1 is 0.219 bits per heavy atom. The van der Waals surface area contributed by atoms with E-state index in [9.17, 15) is 0 Å². The van der Waals surface area contributed by atoms with Gasteiger partial charge in [-0.15, -0.1) is 0 Å². The van der Waals surface area contributed by atoms with Gasteiger partial charge in [-0.25, -0.2) is 9.97 Å². The first-order valence-electron chi connectivity index (χ1n) is 24.9. The van der Waals surface area contributed by atoms with Crippen molar-refractivity contribution in [3.63, 3.8) is 0 Å². The highest BCUT2D eigenvalue weighted by Crippen LogP contribution is 2.41. The molecule has 0 fully saturated rings. The molecule has 0 atom stereocenters. The first-order chi connectivity index (χ1) is 36.2. The van der Waals surface area contributed by atoms with Gasteiger partial charge >= 0.3 is 0 Å².